The van der Waals surface area contributed by atoms with Crippen molar-refractivity contribution in [2.24, 2.45) is 22.7 Å². The van der Waals surface area contributed by atoms with Crippen LogP contribution in [0.1, 0.15) is 44.1 Å². The molecule has 0 atom stereocenters. The Labute approximate surface area is 135 Å². The number of phenols is 1. The average molecular weight is 324 g/mol. The lowest BCUT2D eigenvalue weighted by Gasteiger charge is -2.54. The zero-order valence-electron chi connectivity index (χ0n) is 11.9. The zero-order chi connectivity index (χ0) is 14.6. The van der Waals surface area contributed by atoms with Gasteiger partial charge in [-0.1, -0.05) is 23.2 Å². The molecular formula is C17H19Cl2NO. The minimum atomic E-state index is 0.0783. The predicted molar refractivity (Wildman–Crippen MR) is 86.6 cm³/mol. The summed E-state index contributed by atoms with van der Waals surface area (Å²) in [6, 6.07) is 3.29. The molecule has 4 heteroatoms. The second kappa shape index (κ2) is 4.89. The van der Waals surface area contributed by atoms with E-state index < -0.39 is 0 Å². The van der Waals surface area contributed by atoms with E-state index in [9.17, 15) is 5.11 Å². The summed E-state index contributed by atoms with van der Waals surface area (Å²) in [5.74, 6) is 2.68. The van der Waals surface area contributed by atoms with Crippen molar-refractivity contribution in [2.75, 3.05) is 0 Å². The highest BCUT2D eigenvalue weighted by molar-refractivity contribution is 6.36. The smallest absolute Gasteiger partial charge is 0.143 e. The topological polar surface area (TPSA) is 32.6 Å². The van der Waals surface area contributed by atoms with Gasteiger partial charge in [-0.3, -0.25) is 4.99 Å². The highest BCUT2D eigenvalue weighted by Crippen LogP contribution is 2.57. The second-order valence-electron chi connectivity index (χ2n) is 7.23. The molecule has 4 bridgehead atoms. The molecule has 112 valence electrons. The molecule has 1 aromatic rings. The van der Waals surface area contributed by atoms with Crippen LogP contribution in [0.4, 0.5) is 0 Å². The van der Waals surface area contributed by atoms with Crippen molar-refractivity contribution in [1.82, 2.24) is 0 Å². The molecule has 0 spiro atoms. The Balaban J connectivity index is 1.64. The number of hydrogen-bond acceptors (Lipinski definition) is 2. The third-order valence-corrected chi connectivity index (χ3v) is 6.05. The van der Waals surface area contributed by atoms with Crippen molar-refractivity contribution in [3.8, 4) is 5.75 Å². The number of rotatable bonds is 2. The number of hydrogen-bond donors (Lipinski definition) is 1. The number of phenolic OH excluding ortho intramolecular Hbond substituents is 1. The third-order valence-electron chi connectivity index (χ3n) is 5.54. The van der Waals surface area contributed by atoms with Crippen molar-refractivity contribution >= 4 is 29.4 Å². The molecule has 0 unspecified atom stereocenters. The van der Waals surface area contributed by atoms with Gasteiger partial charge in [-0.2, -0.15) is 0 Å². The molecule has 1 aromatic carbocycles. The SMILES string of the molecule is Oc1c(Cl)cc(Cl)cc1C=NC12CC3CC(CC(C3)C1)C2. The fourth-order valence-corrected chi connectivity index (χ4v) is 5.62. The van der Waals surface area contributed by atoms with E-state index in [2.05, 4.69) is 0 Å². The first kappa shape index (κ1) is 13.9. The van der Waals surface area contributed by atoms with Crippen LogP contribution in [-0.2, 0) is 0 Å². The van der Waals surface area contributed by atoms with Gasteiger partial charge in [0.25, 0.3) is 0 Å². The van der Waals surface area contributed by atoms with E-state index in [4.69, 9.17) is 28.2 Å². The Morgan fingerprint density at radius 2 is 1.62 bits per heavy atom. The van der Waals surface area contributed by atoms with Crippen molar-refractivity contribution in [3.05, 3.63) is 27.7 Å². The lowest BCUT2D eigenvalue weighted by molar-refractivity contribution is 0.00195. The Morgan fingerprint density at radius 1 is 1.05 bits per heavy atom. The van der Waals surface area contributed by atoms with E-state index in [0.29, 0.717) is 10.6 Å². The van der Waals surface area contributed by atoms with E-state index in [1.165, 1.54) is 38.5 Å². The van der Waals surface area contributed by atoms with Gasteiger partial charge in [-0.15, -0.1) is 0 Å². The normalized spacial score (nSPS) is 37.5. The van der Waals surface area contributed by atoms with Crippen LogP contribution in [0, 0.1) is 17.8 Å². The van der Waals surface area contributed by atoms with Gasteiger partial charge in [-0.25, -0.2) is 0 Å². The van der Waals surface area contributed by atoms with Gasteiger partial charge in [0.15, 0.2) is 0 Å². The summed E-state index contributed by atoms with van der Waals surface area (Å²) < 4.78 is 0. The summed E-state index contributed by atoms with van der Waals surface area (Å²) in [6.45, 7) is 0. The van der Waals surface area contributed by atoms with Crippen LogP contribution in [0.15, 0.2) is 17.1 Å². The molecule has 0 radical (unpaired) electrons. The molecule has 4 saturated carbocycles. The molecule has 4 aliphatic rings. The van der Waals surface area contributed by atoms with Crippen LogP contribution in [0.5, 0.6) is 5.75 Å². The molecule has 0 heterocycles. The summed E-state index contributed by atoms with van der Waals surface area (Å²) in [4.78, 5) is 4.93. The van der Waals surface area contributed by atoms with Gasteiger partial charge in [0, 0.05) is 16.8 Å². The van der Waals surface area contributed by atoms with E-state index in [0.717, 1.165) is 17.8 Å². The summed E-state index contributed by atoms with van der Waals surface area (Å²) in [7, 11) is 0. The van der Waals surface area contributed by atoms with Crippen molar-refractivity contribution in [1.29, 1.82) is 0 Å². The summed E-state index contributed by atoms with van der Waals surface area (Å²) in [6.07, 6.45) is 9.65. The van der Waals surface area contributed by atoms with Crippen LogP contribution in [0.3, 0.4) is 0 Å². The fourth-order valence-electron chi connectivity index (χ4n) is 5.11. The largest absolute Gasteiger partial charge is 0.506 e. The van der Waals surface area contributed by atoms with Gasteiger partial charge in [0.05, 0.1) is 10.6 Å². The molecule has 5 rings (SSSR count). The maximum atomic E-state index is 10.1. The average Bonchev–Trinajstić information content (AvgIpc) is 2.40. The van der Waals surface area contributed by atoms with Gasteiger partial charge in [-0.05, 0) is 68.4 Å². The van der Waals surface area contributed by atoms with Gasteiger partial charge in [0.1, 0.15) is 5.75 Å². The molecule has 0 saturated heterocycles. The number of halogens is 2. The van der Waals surface area contributed by atoms with Crippen molar-refractivity contribution < 1.29 is 5.11 Å². The first-order chi connectivity index (χ1) is 10.0. The molecule has 0 aliphatic heterocycles. The highest BCUT2D eigenvalue weighted by atomic mass is 35.5. The van der Waals surface area contributed by atoms with E-state index >= 15 is 0 Å². The van der Waals surface area contributed by atoms with Crippen LogP contribution in [-0.4, -0.2) is 16.9 Å². The molecule has 21 heavy (non-hydrogen) atoms. The summed E-state index contributed by atoms with van der Waals surface area (Å²) in [5, 5.41) is 10.9. The fraction of sp³-hybridized carbons (Fsp3) is 0.588. The Kier molecular flexibility index (Phi) is 3.24. The number of aromatic hydroxyl groups is 1. The first-order valence-electron chi connectivity index (χ1n) is 7.76. The molecule has 1 N–H and O–H groups in total. The predicted octanol–water partition coefficient (Wildman–Crippen LogP) is 5.09. The Morgan fingerprint density at radius 3 is 2.19 bits per heavy atom. The maximum Gasteiger partial charge on any atom is 0.143 e. The Bertz CT molecular complexity index is 576. The van der Waals surface area contributed by atoms with E-state index in [1.54, 1.807) is 18.3 Å². The Hall–Kier alpha value is -0.730. The molecular weight excluding hydrogens is 305 g/mol. The van der Waals surface area contributed by atoms with Crippen LogP contribution in [0.25, 0.3) is 0 Å². The van der Waals surface area contributed by atoms with Gasteiger partial charge in [0.2, 0.25) is 0 Å². The molecule has 4 aliphatic carbocycles. The summed E-state index contributed by atoms with van der Waals surface area (Å²) in [5.41, 5.74) is 0.735. The zero-order valence-corrected chi connectivity index (χ0v) is 13.4. The van der Waals surface area contributed by atoms with Crippen LogP contribution in [0.2, 0.25) is 10.0 Å². The molecule has 0 aromatic heterocycles. The minimum absolute atomic E-state index is 0.0783. The van der Waals surface area contributed by atoms with Crippen LogP contribution < -0.4 is 0 Å². The monoisotopic (exact) mass is 323 g/mol. The number of benzene rings is 1. The minimum Gasteiger partial charge on any atom is -0.506 e. The second-order valence-corrected chi connectivity index (χ2v) is 8.07. The quantitative estimate of drug-likeness (QED) is 0.755. The maximum absolute atomic E-state index is 10.1. The number of nitrogens with zero attached hydrogens (tertiary/aromatic N) is 1. The number of aliphatic imine (C=N–C) groups is 1. The van der Waals surface area contributed by atoms with E-state index in [-0.39, 0.29) is 16.3 Å². The van der Waals surface area contributed by atoms with E-state index in [1.807, 2.05) is 0 Å². The molecule has 2 nitrogen and oxygen atoms in total. The standard InChI is InChI=1S/C17H19Cl2NO/c18-14-4-13(16(21)15(19)5-14)9-20-17-6-10-1-11(7-17)3-12(2-10)8-17/h4-5,9-12,21H,1-3,6-8H2. The summed E-state index contributed by atoms with van der Waals surface area (Å²) >= 11 is 12.0. The third kappa shape index (κ3) is 2.47. The molecule has 4 fully saturated rings. The first-order valence-corrected chi connectivity index (χ1v) is 8.52. The lowest BCUT2D eigenvalue weighted by atomic mass is 9.53. The van der Waals surface area contributed by atoms with Gasteiger partial charge >= 0.3 is 0 Å². The molecule has 0 amide bonds. The van der Waals surface area contributed by atoms with Crippen molar-refractivity contribution in [2.45, 2.75) is 44.1 Å². The van der Waals surface area contributed by atoms with Gasteiger partial charge < -0.3 is 5.11 Å². The highest BCUT2D eigenvalue weighted by Gasteiger charge is 2.50. The van der Waals surface area contributed by atoms with Crippen molar-refractivity contribution in [3.63, 3.8) is 0 Å². The van der Waals surface area contributed by atoms with Crippen LogP contribution >= 0.6 is 23.2 Å². The lowest BCUT2D eigenvalue weighted by Crippen LogP contribution is -2.49.